The van der Waals surface area contributed by atoms with Crippen LogP contribution >= 0.6 is 11.8 Å². The number of nitrogens with one attached hydrogen (secondary N) is 1. The van der Waals surface area contributed by atoms with Crippen LogP contribution in [-0.2, 0) is 4.79 Å². The Morgan fingerprint density at radius 2 is 1.52 bits per heavy atom. The summed E-state index contributed by atoms with van der Waals surface area (Å²) in [5.41, 5.74) is 5.23. The highest BCUT2D eigenvalue weighted by Crippen LogP contribution is 2.36. The van der Waals surface area contributed by atoms with E-state index in [1.54, 1.807) is 31.4 Å². The first-order chi connectivity index (χ1) is 15.0. The molecule has 1 N–H and O–H groups in total. The monoisotopic (exact) mass is 434 g/mol. The summed E-state index contributed by atoms with van der Waals surface area (Å²) in [7, 11) is 1.65. The third-order valence-electron chi connectivity index (χ3n) is 4.68. The summed E-state index contributed by atoms with van der Waals surface area (Å²) in [6.07, 6.45) is 0. The van der Waals surface area contributed by atoms with Gasteiger partial charge in [0.25, 0.3) is 11.8 Å². The number of rotatable bonds is 7. The average molecular weight is 435 g/mol. The smallest absolute Gasteiger partial charge is 0.269 e. The van der Waals surface area contributed by atoms with Crippen LogP contribution in [0.1, 0.15) is 24.2 Å². The molecule has 0 aromatic heterocycles. The van der Waals surface area contributed by atoms with Crippen molar-refractivity contribution in [2.75, 3.05) is 12.9 Å². The fourth-order valence-electron chi connectivity index (χ4n) is 3.13. The van der Waals surface area contributed by atoms with Gasteiger partial charge in [0.1, 0.15) is 5.75 Å². The number of para-hydroxylation sites is 1. The molecule has 0 spiro atoms. The van der Waals surface area contributed by atoms with Gasteiger partial charge in [-0.05, 0) is 43.7 Å². The quantitative estimate of drug-likeness (QED) is 0.418. The van der Waals surface area contributed by atoms with E-state index in [2.05, 4.69) is 5.43 Å². The van der Waals surface area contributed by atoms with Crippen molar-refractivity contribution in [3.05, 3.63) is 84.4 Å². The van der Waals surface area contributed by atoms with Gasteiger partial charge in [-0.25, -0.2) is 0 Å². The number of thioether (sulfide) groups is 1. The number of ether oxygens (including phenoxy) is 1. The summed E-state index contributed by atoms with van der Waals surface area (Å²) in [5.74, 6) is 0.501. The number of hydrogen-bond donors (Lipinski definition) is 1. The zero-order valence-electron chi connectivity index (χ0n) is 17.9. The first kappa shape index (κ1) is 22.4. The van der Waals surface area contributed by atoms with Crippen LogP contribution in [0.2, 0.25) is 0 Å². The summed E-state index contributed by atoms with van der Waals surface area (Å²) in [6, 6.07) is 24.4. The van der Waals surface area contributed by atoms with E-state index in [4.69, 9.17) is 4.74 Å². The average Bonchev–Trinajstić information content (AvgIpc) is 2.81. The van der Waals surface area contributed by atoms with Crippen LogP contribution in [0.25, 0.3) is 11.1 Å². The molecule has 0 fully saturated rings. The first-order valence-corrected chi connectivity index (χ1v) is 11.0. The molecule has 2 amide bonds. The second-order valence-electron chi connectivity index (χ2n) is 7.15. The highest BCUT2D eigenvalue weighted by molar-refractivity contribution is 8.00. The van der Waals surface area contributed by atoms with E-state index < -0.39 is 0 Å². The fourth-order valence-corrected chi connectivity index (χ4v) is 4.06. The van der Waals surface area contributed by atoms with Crippen molar-refractivity contribution in [2.24, 2.45) is 0 Å². The zero-order valence-corrected chi connectivity index (χ0v) is 18.7. The molecular weight excluding hydrogens is 408 g/mol. The van der Waals surface area contributed by atoms with Crippen molar-refractivity contribution in [1.29, 1.82) is 0 Å². The number of amides is 2. The SMILES string of the molecule is COc1ccccc1-c1ccccc1SCC(=O)N(NC(=O)c1ccccc1)C(C)C. The van der Waals surface area contributed by atoms with Crippen LogP contribution in [0.15, 0.2) is 83.8 Å². The predicted molar refractivity (Wildman–Crippen MR) is 125 cm³/mol. The lowest BCUT2D eigenvalue weighted by molar-refractivity contribution is -0.132. The zero-order chi connectivity index (χ0) is 22.2. The van der Waals surface area contributed by atoms with E-state index in [1.165, 1.54) is 16.8 Å². The molecule has 3 aromatic carbocycles. The number of hydrogen-bond acceptors (Lipinski definition) is 4. The Morgan fingerprint density at radius 1 is 0.903 bits per heavy atom. The molecule has 0 unspecified atom stereocenters. The predicted octanol–water partition coefficient (Wildman–Crippen LogP) is 5.04. The van der Waals surface area contributed by atoms with Gasteiger partial charge in [-0.2, -0.15) is 0 Å². The lowest BCUT2D eigenvalue weighted by Crippen LogP contribution is -2.50. The molecule has 0 aliphatic rings. The molecular formula is C25H26N2O3S. The normalized spacial score (nSPS) is 10.6. The molecule has 0 saturated heterocycles. The number of carbonyl (C=O) groups excluding carboxylic acids is 2. The van der Waals surface area contributed by atoms with Crippen LogP contribution in [0.5, 0.6) is 5.75 Å². The number of methoxy groups -OCH3 is 1. The van der Waals surface area contributed by atoms with Crippen LogP contribution in [0.4, 0.5) is 0 Å². The minimum atomic E-state index is -0.304. The molecule has 0 saturated carbocycles. The van der Waals surface area contributed by atoms with Gasteiger partial charge in [-0.3, -0.25) is 20.0 Å². The van der Waals surface area contributed by atoms with Crippen molar-refractivity contribution in [3.8, 4) is 16.9 Å². The third-order valence-corrected chi connectivity index (χ3v) is 5.74. The molecule has 160 valence electrons. The molecule has 6 heteroatoms. The minimum Gasteiger partial charge on any atom is -0.496 e. The standard InChI is InChI=1S/C25H26N2O3S/c1-18(2)27(26-25(29)19-11-5-4-6-12-19)24(28)17-31-23-16-10-8-14-21(23)20-13-7-9-15-22(20)30-3/h4-16,18H,17H2,1-3H3,(H,26,29). The van der Waals surface area contributed by atoms with Crippen LogP contribution in [-0.4, -0.2) is 35.7 Å². The van der Waals surface area contributed by atoms with E-state index in [1.807, 2.05) is 68.4 Å². The largest absolute Gasteiger partial charge is 0.496 e. The molecule has 3 rings (SSSR count). The first-order valence-electron chi connectivity index (χ1n) is 10.0. The Bertz CT molecular complexity index is 1040. The lowest BCUT2D eigenvalue weighted by atomic mass is 10.0. The van der Waals surface area contributed by atoms with E-state index in [-0.39, 0.29) is 23.6 Å². The summed E-state index contributed by atoms with van der Waals surface area (Å²) in [4.78, 5) is 26.5. The van der Waals surface area contributed by atoms with Crippen molar-refractivity contribution in [1.82, 2.24) is 10.4 Å². The molecule has 5 nitrogen and oxygen atoms in total. The van der Waals surface area contributed by atoms with Gasteiger partial charge >= 0.3 is 0 Å². The summed E-state index contributed by atoms with van der Waals surface area (Å²) < 4.78 is 5.50. The van der Waals surface area contributed by atoms with Gasteiger partial charge < -0.3 is 4.74 Å². The van der Waals surface area contributed by atoms with Crippen molar-refractivity contribution < 1.29 is 14.3 Å². The highest BCUT2D eigenvalue weighted by atomic mass is 32.2. The number of nitrogens with zero attached hydrogens (tertiary/aromatic N) is 1. The van der Waals surface area contributed by atoms with E-state index in [0.717, 1.165) is 21.8 Å². The Hall–Kier alpha value is -3.25. The Labute approximate surface area is 187 Å². The van der Waals surface area contributed by atoms with Crippen molar-refractivity contribution >= 4 is 23.6 Å². The fraction of sp³-hybridized carbons (Fsp3) is 0.200. The second-order valence-corrected chi connectivity index (χ2v) is 8.17. The molecule has 0 bridgehead atoms. The maximum absolute atomic E-state index is 13.0. The topological polar surface area (TPSA) is 58.6 Å². The van der Waals surface area contributed by atoms with Gasteiger partial charge in [-0.1, -0.05) is 54.6 Å². The number of benzene rings is 3. The number of hydrazine groups is 1. The van der Waals surface area contributed by atoms with E-state index >= 15 is 0 Å². The maximum atomic E-state index is 13.0. The van der Waals surface area contributed by atoms with Gasteiger partial charge in [0.05, 0.1) is 12.9 Å². The Morgan fingerprint density at radius 3 is 2.19 bits per heavy atom. The molecule has 0 atom stereocenters. The van der Waals surface area contributed by atoms with Crippen molar-refractivity contribution in [3.63, 3.8) is 0 Å². The maximum Gasteiger partial charge on any atom is 0.269 e. The Balaban J connectivity index is 1.74. The molecule has 0 aliphatic carbocycles. The van der Waals surface area contributed by atoms with Crippen molar-refractivity contribution in [2.45, 2.75) is 24.8 Å². The molecule has 0 radical (unpaired) electrons. The molecule has 31 heavy (non-hydrogen) atoms. The summed E-state index contributed by atoms with van der Waals surface area (Å²) >= 11 is 1.44. The molecule has 3 aromatic rings. The van der Waals surface area contributed by atoms with Crippen LogP contribution in [0.3, 0.4) is 0 Å². The third kappa shape index (κ3) is 5.67. The van der Waals surface area contributed by atoms with Gasteiger partial charge in [-0.15, -0.1) is 11.8 Å². The molecule has 0 heterocycles. The van der Waals surface area contributed by atoms with Crippen LogP contribution < -0.4 is 10.2 Å². The summed E-state index contributed by atoms with van der Waals surface area (Å²) in [6.45, 7) is 3.74. The second kappa shape index (κ2) is 10.7. The summed E-state index contributed by atoms with van der Waals surface area (Å²) in [5, 5.41) is 1.40. The molecule has 0 aliphatic heterocycles. The highest BCUT2D eigenvalue weighted by Gasteiger charge is 2.21. The number of carbonyl (C=O) groups is 2. The van der Waals surface area contributed by atoms with E-state index in [0.29, 0.717) is 5.56 Å². The lowest BCUT2D eigenvalue weighted by Gasteiger charge is -2.27. The Kier molecular flexibility index (Phi) is 7.73. The van der Waals surface area contributed by atoms with Gasteiger partial charge in [0.15, 0.2) is 0 Å². The van der Waals surface area contributed by atoms with E-state index in [9.17, 15) is 9.59 Å². The van der Waals surface area contributed by atoms with Gasteiger partial charge in [0.2, 0.25) is 0 Å². The van der Waals surface area contributed by atoms with Gasteiger partial charge in [0, 0.05) is 22.1 Å². The van der Waals surface area contributed by atoms with Crippen LogP contribution in [0, 0.1) is 0 Å². The minimum absolute atomic E-state index is 0.167.